The summed E-state index contributed by atoms with van der Waals surface area (Å²) in [4.78, 5) is 0. The maximum Gasteiger partial charge on any atom is 0.0720 e. The maximum absolute atomic E-state index is 5.82. The van der Waals surface area contributed by atoms with E-state index in [4.69, 9.17) is 4.74 Å². The molecule has 0 amide bonds. The Morgan fingerprint density at radius 2 is 1.86 bits per heavy atom. The molecule has 78 valence electrons. The number of benzene rings is 1. The zero-order valence-electron chi connectivity index (χ0n) is 9.20. The summed E-state index contributed by atoms with van der Waals surface area (Å²) in [5.74, 6) is 0. The first-order chi connectivity index (χ1) is 6.86. The fourth-order valence-electron chi connectivity index (χ4n) is 1.52. The maximum atomic E-state index is 5.82. The van der Waals surface area contributed by atoms with E-state index >= 15 is 0 Å². The van der Waals surface area contributed by atoms with Crippen LogP contribution in [0, 0.1) is 0 Å². The molecule has 0 aliphatic carbocycles. The normalized spacial score (nSPS) is 12.7. The van der Waals surface area contributed by atoms with Crippen molar-refractivity contribution in [2.45, 2.75) is 45.8 Å². The van der Waals surface area contributed by atoms with Gasteiger partial charge in [0.15, 0.2) is 0 Å². The Morgan fingerprint density at radius 3 is 2.43 bits per heavy atom. The van der Waals surface area contributed by atoms with Crippen molar-refractivity contribution in [3.05, 3.63) is 35.9 Å². The van der Waals surface area contributed by atoms with Gasteiger partial charge in [-0.3, -0.25) is 0 Å². The third kappa shape index (κ3) is 3.93. The summed E-state index contributed by atoms with van der Waals surface area (Å²) in [6.45, 7) is 5.14. The highest BCUT2D eigenvalue weighted by Gasteiger charge is 2.04. The Bertz CT molecular complexity index is 230. The molecule has 0 bridgehead atoms. The Kier molecular flexibility index (Phi) is 5.31. The van der Waals surface area contributed by atoms with Gasteiger partial charge in [-0.15, -0.1) is 0 Å². The number of rotatable bonds is 6. The predicted molar refractivity (Wildman–Crippen MR) is 60.2 cm³/mol. The molecule has 0 aliphatic rings. The van der Waals surface area contributed by atoms with Crippen LogP contribution in [0.15, 0.2) is 30.3 Å². The first kappa shape index (κ1) is 11.3. The van der Waals surface area contributed by atoms with Gasteiger partial charge in [-0.2, -0.15) is 0 Å². The molecule has 1 aromatic carbocycles. The van der Waals surface area contributed by atoms with Gasteiger partial charge in [0.05, 0.1) is 12.7 Å². The molecular formula is C13H20O. The van der Waals surface area contributed by atoms with Crippen LogP contribution < -0.4 is 0 Å². The van der Waals surface area contributed by atoms with E-state index in [1.807, 2.05) is 6.07 Å². The highest BCUT2D eigenvalue weighted by Crippen LogP contribution is 2.10. The summed E-state index contributed by atoms with van der Waals surface area (Å²) in [5.41, 5.74) is 1.27. The summed E-state index contributed by atoms with van der Waals surface area (Å²) in [6.07, 6.45) is 3.91. The molecule has 0 heterocycles. The van der Waals surface area contributed by atoms with Crippen LogP contribution in [0.5, 0.6) is 0 Å². The summed E-state index contributed by atoms with van der Waals surface area (Å²) < 4.78 is 5.82. The van der Waals surface area contributed by atoms with Gasteiger partial charge in [0, 0.05) is 0 Å². The molecule has 1 atom stereocenters. The second kappa shape index (κ2) is 6.61. The summed E-state index contributed by atoms with van der Waals surface area (Å²) in [6, 6.07) is 10.4. The zero-order valence-corrected chi connectivity index (χ0v) is 9.20. The minimum absolute atomic E-state index is 0.431. The van der Waals surface area contributed by atoms with Crippen LogP contribution in [0.2, 0.25) is 0 Å². The van der Waals surface area contributed by atoms with Gasteiger partial charge in [0.2, 0.25) is 0 Å². The first-order valence-electron chi connectivity index (χ1n) is 5.52. The quantitative estimate of drug-likeness (QED) is 0.666. The molecule has 1 rings (SSSR count). The van der Waals surface area contributed by atoms with E-state index in [0.29, 0.717) is 6.10 Å². The SMILES string of the molecule is CCC[C@H](CC)OCc1ccccc1. The Balaban J connectivity index is 2.32. The molecule has 0 spiro atoms. The standard InChI is InChI=1S/C13H20O/c1-3-8-13(4-2)14-11-12-9-6-5-7-10-12/h5-7,9-10,13H,3-4,8,11H2,1-2H3/t13-/m0/s1. The number of hydrogen-bond acceptors (Lipinski definition) is 1. The van der Waals surface area contributed by atoms with E-state index in [1.54, 1.807) is 0 Å². The molecule has 1 nitrogen and oxygen atoms in total. The van der Waals surface area contributed by atoms with Gasteiger partial charge < -0.3 is 4.74 Å². The Labute approximate surface area is 87.1 Å². The van der Waals surface area contributed by atoms with Crippen molar-refractivity contribution < 1.29 is 4.74 Å². The second-order valence-corrected chi connectivity index (χ2v) is 3.62. The van der Waals surface area contributed by atoms with Crippen molar-refractivity contribution in [1.29, 1.82) is 0 Å². The van der Waals surface area contributed by atoms with E-state index < -0.39 is 0 Å². The van der Waals surface area contributed by atoms with Crippen LogP contribution in [-0.4, -0.2) is 6.10 Å². The van der Waals surface area contributed by atoms with Crippen LogP contribution in [0.4, 0.5) is 0 Å². The van der Waals surface area contributed by atoms with Crippen molar-refractivity contribution in [1.82, 2.24) is 0 Å². The summed E-state index contributed by atoms with van der Waals surface area (Å²) >= 11 is 0. The van der Waals surface area contributed by atoms with E-state index in [0.717, 1.165) is 13.0 Å². The Hall–Kier alpha value is -0.820. The van der Waals surface area contributed by atoms with E-state index in [2.05, 4.69) is 38.1 Å². The van der Waals surface area contributed by atoms with Crippen LogP contribution in [0.25, 0.3) is 0 Å². The summed E-state index contributed by atoms with van der Waals surface area (Å²) in [5, 5.41) is 0. The van der Waals surface area contributed by atoms with Crippen LogP contribution in [0.1, 0.15) is 38.7 Å². The molecule has 14 heavy (non-hydrogen) atoms. The predicted octanol–water partition coefficient (Wildman–Crippen LogP) is 3.78. The minimum atomic E-state index is 0.431. The fraction of sp³-hybridized carbons (Fsp3) is 0.538. The average molecular weight is 192 g/mol. The van der Waals surface area contributed by atoms with Crippen molar-refractivity contribution in [3.8, 4) is 0 Å². The summed E-state index contributed by atoms with van der Waals surface area (Å²) in [7, 11) is 0. The molecule has 0 aliphatic heterocycles. The third-order valence-electron chi connectivity index (χ3n) is 2.39. The molecule has 0 saturated heterocycles. The van der Waals surface area contributed by atoms with E-state index in [1.165, 1.54) is 18.4 Å². The molecule has 1 heteroatoms. The number of hydrogen-bond donors (Lipinski definition) is 0. The lowest BCUT2D eigenvalue weighted by Crippen LogP contribution is -2.10. The van der Waals surface area contributed by atoms with E-state index in [9.17, 15) is 0 Å². The van der Waals surface area contributed by atoms with Crippen molar-refractivity contribution in [2.75, 3.05) is 0 Å². The van der Waals surface area contributed by atoms with Gasteiger partial charge in [0.25, 0.3) is 0 Å². The number of ether oxygens (including phenoxy) is 1. The van der Waals surface area contributed by atoms with Crippen molar-refractivity contribution in [2.24, 2.45) is 0 Å². The van der Waals surface area contributed by atoms with Crippen LogP contribution >= 0.6 is 0 Å². The molecule has 0 unspecified atom stereocenters. The van der Waals surface area contributed by atoms with Crippen LogP contribution in [0.3, 0.4) is 0 Å². The highest BCUT2D eigenvalue weighted by molar-refractivity contribution is 5.13. The Morgan fingerprint density at radius 1 is 1.14 bits per heavy atom. The molecular weight excluding hydrogens is 172 g/mol. The topological polar surface area (TPSA) is 9.23 Å². The van der Waals surface area contributed by atoms with Crippen molar-refractivity contribution >= 4 is 0 Å². The van der Waals surface area contributed by atoms with Crippen LogP contribution in [-0.2, 0) is 11.3 Å². The molecule has 0 fully saturated rings. The van der Waals surface area contributed by atoms with Gasteiger partial charge in [-0.1, -0.05) is 50.6 Å². The minimum Gasteiger partial charge on any atom is -0.374 e. The van der Waals surface area contributed by atoms with Crippen molar-refractivity contribution in [3.63, 3.8) is 0 Å². The first-order valence-corrected chi connectivity index (χ1v) is 5.52. The molecule has 1 aromatic rings. The zero-order chi connectivity index (χ0) is 10.2. The molecule has 0 saturated carbocycles. The molecule has 0 N–H and O–H groups in total. The lowest BCUT2D eigenvalue weighted by Gasteiger charge is -2.14. The monoisotopic (exact) mass is 192 g/mol. The second-order valence-electron chi connectivity index (χ2n) is 3.62. The molecule has 0 radical (unpaired) electrons. The fourth-order valence-corrected chi connectivity index (χ4v) is 1.52. The van der Waals surface area contributed by atoms with Gasteiger partial charge in [-0.25, -0.2) is 0 Å². The lowest BCUT2D eigenvalue weighted by atomic mass is 10.1. The lowest BCUT2D eigenvalue weighted by molar-refractivity contribution is 0.0322. The third-order valence-corrected chi connectivity index (χ3v) is 2.39. The largest absolute Gasteiger partial charge is 0.374 e. The van der Waals surface area contributed by atoms with Gasteiger partial charge >= 0.3 is 0 Å². The smallest absolute Gasteiger partial charge is 0.0720 e. The van der Waals surface area contributed by atoms with E-state index in [-0.39, 0.29) is 0 Å². The highest BCUT2D eigenvalue weighted by atomic mass is 16.5. The average Bonchev–Trinajstić information content (AvgIpc) is 2.25. The van der Waals surface area contributed by atoms with Gasteiger partial charge in [-0.05, 0) is 18.4 Å². The molecule has 0 aromatic heterocycles. The van der Waals surface area contributed by atoms with Gasteiger partial charge in [0.1, 0.15) is 0 Å².